The van der Waals surface area contributed by atoms with Gasteiger partial charge in [0, 0.05) is 43.6 Å². The Balaban J connectivity index is 1.47. The minimum Gasteiger partial charge on any atom is -0.489 e. The number of aromatic nitrogens is 1. The molecule has 0 saturated carbocycles. The molecule has 0 radical (unpaired) electrons. The molecule has 0 atom stereocenters. The summed E-state index contributed by atoms with van der Waals surface area (Å²) < 4.78 is 30.6. The van der Waals surface area contributed by atoms with Gasteiger partial charge >= 0.3 is 0 Å². The Morgan fingerprint density at radius 3 is 2.52 bits per heavy atom. The predicted molar refractivity (Wildman–Crippen MR) is 103 cm³/mol. The lowest BCUT2D eigenvalue weighted by Crippen LogP contribution is -2.42. The summed E-state index contributed by atoms with van der Waals surface area (Å²) in [6.45, 7) is 1.12. The van der Waals surface area contributed by atoms with E-state index in [2.05, 4.69) is 4.98 Å². The molecule has 1 aliphatic heterocycles. The first-order valence-corrected chi connectivity index (χ1v) is 10.8. The smallest absolute Gasteiger partial charge is 0.223 e. The minimum atomic E-state index is -3.50. The average molecular weight is 409 g/mol. The van der Waals surface area contributed by atoms with Gasteiger partial charge in [-0.15, -0.1) is 0 Å². The number of nitrogens with zero attached hydrogens (tertiary/aromatic N) is 2. The molecule has 8 heteroatoms. The standard InChI is InChI=1S/C19H21ClN2O4S/c20-15-3-5-18(6-4-15)27(24,25)13-9-19(23)22-11-7-16(8-12-22)26-17-2-1-10-21-14-17/h1-6,10,14,16H,7-9,11-13H2. The van der Waals surface area contributed by atoms with Gasteiger partial charge in [-0.3, -0.25) is 9.78 Å². The lowest BCUT2D eigenvalue weighted by molar-refractivity contribution is -0.132. The number of halogens is 1. The Morgan fingerprint density at radius 1 is 1.19 bits per heavy atom. The van der Waals surface area contributed by atoms with E-state index in [-0.39, 0.29) is 29.1 Å². The van der Waals surface area contributed by atoms with Crippen molar-refractivity contribution in [2.75, 3.05) is 18.8 Å². The Bertz CT molecular complexity index is 864. The van der Waals surface area contributed by atoms with Crippen molar-refractivity contribution in [3.63, 3.8) is 0 Å². The van der Waals surface area contributed by atoms with Gasteiger partial charge in [-0.05, 0) is 36.4 Å². The second kappa shape index (κ2) is 8.71. The highest BCUT2D eigenvalue weighted by Crippen LogP contribution is 2.20. The lowest BCUT2D eigenvalue weighted by Gasteiger charge is -2.32. The molecule has 2 aromatic rings. The summed E-state index contributed by atoms with van der Waals surface area (Å²) in [5, 5.41) is 0.474. The first kappa shape index (κ1) is 19.6. The van der Waals surface area contributed by atoms with Crippen LogP contribution in [0.25, 0.3) is 0 Å². The summed E-state index contributed by atoms with van der Waals surface area (Å²) >= 11 is 5.78. The Kier molecular flexibility index (Phi) is 6.34. The van der Waals surface area contributed by atoms with Crippen molar-refractivity contribution in [2.45, 2.75) is 30.3 Å². The number of carbonyl (C=O) groups is 1. The van der Waals surface area contributed by atoms with Crippen molar-refractivity contribution in [2.24, 2.45) is 0 Å². The number of likely N-dealkylation sites (tertiary alicyclic amines) is 1. The van der Waals surface area contributed by atoms with Gasteiger partial charge < -0.3 is 9.64 Å². The first-order chi connectivity index (χ1) is 12.9. The predicted octanol–water partition coefficient (Wildman–Crippen LogP) is 2.97. The normalized spacial score (nSPS) is 15.5. The van der Waals surface area contributed by atoms with Crippen LogP contribution in [0.4, 0.5) is 0 Å². The van der Waals surface area contributed by atoms with Crippen molar-refractivity contribution in [1.82, 2.24) is 9.88 Å². The molecule has 1 aromatic heterocycles. The van der Waals surface area contributed by atoms with Crippen LogP contribution in [0.5, 0.6) is 5.75 Å². The summed E-state index contributed by atoms with van der Waals surface area (Å²) in [6.07, 6.45) is 4.79. The van der Waals surface area contributed by atoms with Gasteiger partial charge in [0.1, 0.15) is 11.9 Å². The highest BCUT2D eigenvalue weighted by molar-refractivity contribution is 7.91. The molecule has 0 N–H and O–H groups in total. The summed E-state index contributed by atoms with van der Waals surface area (Å²) in [5.74, 6) is 0.364. The highest BCUT2D eigenvalue weighted by atomic mass is 35.5. The third-order valence-corrected chi connectivity index (χ3v) is 6.47. The van der Waals surface area contributed by atoms with Crippen LogP contribution in [-0.2, 0) is 14.6 Å². The van der Waals surface area contributed by atoms with Crippen LogP contribution in [0.2, 0.25) is 5.02 Å². The molecular weight excluding hydrogens is 388 g/mol. The van der Waals surface area contributed by atoms with Crippen molar-refractivity contribution in [3.8, 4) is 5.75 Å². The number of ether oxygens (including phenoxy) is 1. The fourth-order valence-electron chi connectivity index (χ4n) is 2.97. The van der Waals surface area contributed by atoms with Gasteiger partial charge in [0.25, 0.3) is 0 Å². The molecule has 1 aliphatic rings. The number of carbonyl (C=O) groups excluding carboxylic acids is 1. The molecule has 1 aromatic carbocycles. The molecule has 6 nitrogen and oxygen atoms in total. The second-order valence-corrected chi connectivity index (χ2v) is 8.96. The Hall–Kier alpha value is -2.12. The second-order valence-electron chi connectivity index (χ2n) is 6.41. The molecule has 0 spiro atoms. The van der Waals surface area contributed by atoms with E-state index in [4.69, 9.17) is 16.3 Å². The summed E-state index contributed by atoms with van der Waals surface area (Å²) in [6, 6.07) is 9.65. The zero-order valence-corrected chi connectivity index (χ0v) is 16.3. The van der Waals surface area contributed by atoms with Crippen molar-refractivity contribution >= 4 is 27.3 Å². The van der Waals surface area contributed by atoms with E-state index in [9.17, 15) is 13.2 Å². The topological polar surface area (TPSA) is 76.6 Å². The molecule has 1 amide bonds. The minimum absolute atomic E-state index is 0.0287. The van der Waals surface area contributed by atoms with Gasteiger partial charge in [-0.1, -0.05) is 11.6 Å². The summed E-state index contributed by atoms with van der Waals surface area (Å²) in [5.41, 5.74) is 0. The van der Waals surface area contributed by atoms with E-state index in [1.165, 1.54) is 24.3 Å². The maximum Gasteiger partial charge on any atom is 0.223 e. The third kappa shape index (κ3) is 5.43. The van der Waals surface area contributed by atoms with Gasteiger partial charge in [0.05, 0.1) is 16.8 Å². The lowest BCUT2D eigenvalue weighted by atomic mass is 10.1. The summed E-state index contributed by atoms with van der Waals surface area (Å²) in [7, 11) is -3.50. The molecule has 0 bridgehead atoms. The van der Waals surface area contributed by atoms with Crippen LogP contribution in [0, 0.1) is 0 Å². The van der Waals surface area contributed by atoms with Gasteiger partial charge in [0.15, 0.2) is 9.84 Å². The molecule has 144 valence electrons. The van der Waals surface area contributed by atoms with Crippen LogP contribution in [-0.4, -0.2) is 49.2 Å². The SMILES string of the molecule is O=C(CCS(=O)(=O)c1ccc(Cl)cc1)N1CCC(Oc2cccnc2)CC1. The number of pyridine rings is 1. The third-order valence-electron chi connectivity index (χ3n) is 4.49. The fourth-order valence-corrected chi connectivity index (χ4v) is 4.33. The van der Waals surface area contributed by atoms with Crippen molar-refractivity contribution in [1.29, 1.82) is 0 Å². The van der Waals surface area contributed by atoms with Crippen LogP contribution >= 0.6 is 11.6 Å². The number of benzene rings is 1. The molecular formula is C19H21ClN2O4S. The quantitative estimate of drug-likeness (QED) is 0.734. The van der Waals surface area contributed by atoms with E-state index in [1.54, 1.807) is 17.3 Å². The maximum atomic E-state index is 12.4. The highest BCUT2D eigenvalue weighted by Gasteiger charge is 2.25. The number of sulfone groups is 1. The molecule has 0 unspecified atom stereocenters. The average Bonchev–Trinajstić information content (AvgIpc) is 2.68. The molecule has 1 saturated heterocycles. The molecule has 27 heavy (non-hydrogen) atoms. The fraction of sp³-hybridized carbons (Fsp3) is 0.368. The molecule has 3 rings (SSSR count). The van der Waals surface area contributed by atoms with Gasteiger partial charge in [-0.2, -0.15) is 0 Å². The number of amides is 1. The summed E-state index contributed by atoms with van der Waals surface area (Å²) in [4.78, 5) is 18.3. The van der Waals surface area contributed by atoms with E-state index in [0.29, 0.717) is 31.0 Å². The number of hydrogen-bond donors (Lipinski definition) is 0. The molecule has 0 aliphatic carbocycles. The van der Waals surface area contributed by atoms with E-state index >= 15 is 0 Å². The number of rotatable bonds is 6. The van der Waals surface area contributed by atoms with Crippen LogP contribution in [0.3, 0.4) is 0 Å². The zero-order valence-electron chi connectivity index (χ0n) is 14.8. The molecule has 1 fully saturated rings. The van der Waals surface area contributed by atoms with Crippen LogP contribution in [0.1, 0.15) is 19.3 Å². The molecule has 2 heterocycles. The number of piperidine rings is 1. The van der Waals surface area contributed by atoms with Crippen molar-refractivity contribution in [3.05, 3.63) is 53.8 Å². The monoisotopic (exact) mass is 408 g/mol. The largest absolute Gasteiger partial charge is 0.489 e. The van der Waals surface area contributed by atoms with Crippen molar-refractivity contribution < 1.29 is 17.9 Å². The Morgan fingerprint density at radius 2 is 1.89 bits per heavy atom. The van der Waals surface area contributed by atoms with E-state index in [1.807, 2.05) is 12.1 Å². The van der Waals surface area contributed by atoms with E-state index < -0.39 is 9.84 Å². The Labute approximate surface area is 164 Å². The number of hydrogen-bond acceptors (Lipinski definition) is 5. The van der Waals surface area contributed by atoms with E-state index in [0.717, 1.165) is 5.75 Å². The van der Waals surface area contributed by atoms with Gasteiger partial charge in [-0.25, -0.2) is 8.42 Å². The first-order valence-electron chi connectivity index (χ1n) is 8.77. The van der Waals surface area contributed by atoms with Crippen LogP contribution < -0.4 is 4.74 Å². The van der Waals surface area contributed by atoms with Crippen LogP contribution in [0.15, 0.2) is 53.7 Å². The maximum absolute atomic E-state index is 12.4. The zero-order chi connectivity index (χ0) is 19.3. The van der Waals surface area contributed by atoms with Gasteiger partial charge in [0.2, 0.25) is 5.91 Å².